The zero-order chi connectivity index (χ0) is 18.1. The number of benzene rings is 2. The van der Waals surface area contributed by atoms with Crippen molar-refractivity contribution in [3.8, 4) is 11.5 Å². The summed E-state index contributed by atoms with van der Waals surface area (Å²) in [6.45, 7) is 3.96. The number of hydrogen-bond donors (Lipinski definition) is 2. The van der Waals surface area contributed by atoms with Gasteiger partial charge in [0.1, 0.15) is 11.5 Å². The van der Waals surface area contributed by atoms with E-state index in [1.54, 1.807) is 0 Å². The second kappa shape index (κ2) is 9.32. The van der Waals surface area contributed by atoms with Gasteiger partial charge in [-0.05, 0) is 49.2 Å². The summed E-state index contributed by atoms with van der Waals surface area (Å²) in [5.41, 5.74) is 6.76. The highest BCUT2D eigenvalue weighted by Crippen LogP contribution is 2.15. The number of para-hydroxylation sites is 1. The first-order valence-electron chi connectivity index (χ1n) is 7.99. The third-order valence-corrected chi connectivity index (χ3v) is 3.25. The van der Waals surface area contributed by atoms with E-state index in [2.05, 4.69) is 10.9 Å². The van der Waals surface area contributed by atoms with Crippen molar-refractivity contribution < 1.29 is 19.1 Å². The molecular formula is C19H22N2O4. The molecule has 0 saturated carbocycles. The predicted octanol–water partition coefficient (Wildman–Crippen LogP) is 2.30. The molecule has 0 aliphatic heterocycles. The Hall–Kier alpha value is -3.02. The average molecular weight is 342 g/mol. The Kier molecular flexibility index (Phi) is 6.83. The van der Waals surface area contributed by atoms with Crippen molar-refractivity contribution in [3.63, 3.8) is 0 Å². The summed E-state index contributed by atoms with van der Waals surface area (Å²) < 4.78 is 10.8. The fourth-order valence-electron chi connectivity index (χ4n) is 2.18. The Morgan fingerprint density at radius 3 is 2.16 bits per heavy atom. The van der Waals surface area contributed by atoms with E-state index in [4.69, 9.17) is 9.47 Å². The lowest BCUT2D eigenvalue weighted by Crippen LogP contribution is -2.44. The fraction of sp³-hybridized carbons (Fsp3) is 0.263. The molecule has 6 heteroatoms. The lowest BCUT2D eigenvalue weighted by molar-refractivity contribution is -0.130. The minimum absolute atomic E-state index is 0.132. The van der Waals surface area contributed by atoms with E-state index in [1.807, 2.05) is 62.4 Å². The second-order valence-electron chi connectivity index (χ2n) is 5.62. The summed E-state index contributed by atoms with van der Waals surface area (Å²) in [5.74, 6) is 0.545. The lowest BCUT2D eigenvalue weighted by atomic mass is 10.1. The highest BCUT2D eigenvalue weighted by Gasteiger charge is 2.06. The van der Waals surface area contributed by atoms with Gasteiger partial charge in [0, 0.05) is 0 Å². The molecule has 0 saturated heterocycles. The van der Waals surface area contributed by atoms with Crippen molar-refractivity contribution in [2.24, 2.45) is 0 Å². The van der Waals surface area contributed by atoms with Gasteiger partial charge in [0.25, 0.3) is 5.91 Å². The van der Waals surface area contributed by atoms with Crippen molar-refractivity contribution >= 4 is 11.8 Å². The Labute approximate surface area is 147 Å². The largest absolute Gasteiger partial charge is 0.493 e. The molecule has 0 spiro atoms. The van der Waals surface area contributed by atoms with Crippen molar-refractivity contribution in [1.29, 1.82) is 0 Å². The number of aryl methyl sites for hydroxylation is 2. The van der Waals surface area contributed by atoms with E-state index in [1.165, 1.54) is 0 Å². The molecule has 6 nitrogen and oxygen atoms in total. The number of amides is 2. The smallest absolute Gasteiger partial charge is 0.276 e. The first-order chi connectivity index (χ1) is 12.0. The van der Waals surface area contributed by atoms with Crippen LogP contribution < -0.4 is 20.3 Å². The van der Waals surface area contributed by atoms with Crippen LogP contribution in [0.25, 0.3) is 0 Å². The molecule has 2 amide bonds. The molecular weight excluding hydrogens is 320 g/mol. The topological polar surface area (TPSA) is 76.7 Å². The van der Waals surface area contributed by atoms with Crippen LogP contribution in [0.3, 0.4) is 0 Å². The number of carbonyl (C=O) groups excluding carboxylic acids is 2. The Balaban J connectivity index is 1.63. The van der Waals surface area contributed by atoms with Crippen molar-refractivity contribution in [2.75, 3.05) is 13.2 Å². The summed E-state index contributed by atoms with van der Waals surface area (Å²) in [6, 6.07) is 14.9. The maximum atomic E-state index is 11.7. The molecule has 0 aromatic heterocycles. The molecule has 0 heterocycles. The van der Waals surface area contributed by atoms with Crippen LogP contribution in [0, 0.1) is 13.8 Å². The van der Waals surface area contributed by atoms with Gasteiger partial charge in [-0.2, -0.15) is 0 Å². The van der Waals surface area contributed by atoms with Gasteiger partial charge in [-0.3, -0.25) is 20.4 Å². The van der Waals surface area contributed by atoms with Crippen LogP contribution in [0.1, 0.15) is 17.5 Å². The maximum absolute atomic E-state index is 11.7. The van der Waals surface area contributed by atoms with Crippen LogP contribution in [0.15, 0.2) is 48.5 Å². The number of hydrazine groups is 1. The first-order valence-corrected chi connectivity index (χ1v) is 7.99. The fourth-order valence-corrected chi connectivity index (χ4v) is 2.18. The van der Waals surface area contributed by atoms with Crippen molar-refractivity contribution in [2.45, 2.75) is 20.3 Å². The third-order valence-electron chi connectivity index (χ3n) is 3.25. The van der Waals surface area contributed by atoms with Crippen LogP contribution in [-0.2, 0) is 9.59 Å². The molecule has 0 fully saturated rings. The Morgan fingerprint density at radius 1 is 0.840 bits per heavy atom. The van der Waals surface area contributed by atoms with Gasteiger partial charge >= 0.3 is 0 Å². The summed E-state index contributed by atoms with van der Waals surface area (Å²) >= 11 is 0. The zero-order valence-corrected chi connectivity index (χ0v) is 14.4. The summed E-state index contributed by atoms with van der Waals surface area (Å²) in [6.07, 6.45) is 0.132. The third kappa shape index (κ3) is 6.95. The number of ether oxygens (including phenoxy) is 2. The number of carbonyl (C=O) groups is 2. The number of rotatable bonds is 7. The predicted molar refractivity (Wildman–Crippen MR) is 94.3 cm³/mol. The molecule has 0 bridgehead atoms. The molecule has 0 aliphatic rings. The molecule has 0 radical (unpaired) electrons. The van der Waals surface area contributed by atoms with E-state index >= 15 is 0 Å². The highest BCUT2D eigenvalue weighted by atomic mass is 16.5. The van der Waals surface area contributed by atoms with Crippen molar-refractivity contribution in [1.82, 2.24) is 10.9 Å². The molecule has 2 rings (SSSR count). The molecule has 0 aliphatic carbocycles. The van der Waals surface area contributed by atoms with E-state index in [-0.39, 0.29) is 25.5 Å². The molecule has 0 unspecified atom stereocenters. The molecule has 2 N–H and O–H groups in total. The highest BCUT2D eigenvalue weighted by molar-refractivity contribution is 5.82. The second-order valence-corrected chi connectivity index (χ2v) is 5.62. The summed E-state index contributed by atoms with van der Waals surface area (Å²) in [4.78, 5) is 23.4. The molecule has 132 valence electrons. The zero-order valence-electron chi connectivity index (χ0n) is 14.4. The molecule has 2 aromatic carbocycles. The van der Waals surface area contributed by atoms with E-state index in [9.17, 15) is 9.59 Å². The SMILES string of the molecule is Cc1cc(C)cc(OCC(=O)NNC(=O)CCOc2ccccc2)c1. The van der Waals surface area contributed by atoms with Gasteiger partial charge in [-0.15, -0.1) is 0 Å². The first kappa shape index (κ1) is 18.3. The van der Waals surface area contributed by atoms with Gasteiger partial charge in [0.05, 0.1) is 13.0 Å². The van der Waals surface area contributed by atoms with Gasteiger partial charge in [-0.1, -0.05) is 24.3 Å². The number of hydrogen-bond acceptors (Lipinski definition) is 4. The van der Waals surface area contributed by atoms with E-state index < -0.39 is 5.91 Å². The molecule has 0 atom stereocenters. The van der Waals surface area contributed by atoms with Crippen LogP contribution in [-0.4, -0.2) is 25.0 Å². The minimum Gasteiger partial charge on any atom is -0.493 e. The molecule has 2 aromatic rings. The van der Waals surface area contributed by atoms with Gasteiger partial charge in [0.15, 0.2) is 6.61 Å². The monoisotopic (exact) mass is 342 g/mol. The Morgan fingerprint density at radius 2 is 1.48 bits per heavy atom. The van der Waals surface area contributed by atoms with E-state index in [0.29, 0.717) is 11.5 Å². The normalized spacial score (nSPS) is 10.0. The quantitative estimate of drug-likeness (QED) is 0.757. The van der Waals surface area contributed by atoms with Crippen molar-refractivity contribution in [3.05, 3.63) is 59.7 Å². The maximum Gasteiger partial charge on any atom is 0.276 e. The summed E-state index contributed by atoms with van der Waals surface area (Å²) in [7, 11) is 0. The van der Waals surface area contributed by atoms with Gasteiger partial charge < -0.3 is 9.47 Å². The van der Waals surface area contributed by atoms with E-state index in [0.717, 1.165) is 11.1 Å². The van der Waals surface area contributed by atoms with Gasteiger partial charge in [-0.25, -0.2) is 0 Å². The standard InChI is InChI=1S/C19H22N2O4/c1-14-10-15(2)12-17(11-14)25-13-19(23)21-20-18(22)8-9-24-16-6-4-3-5-7-16/h3-7,10-12H,8-9,13H2,1-2H3,(H,20,22)(H,21,23). The van der Waals surface area contributed by atoms with Crippen LogP contribution in [0.2, 0.25) is 0 Å². The van der Waals surface area contributed by atoms with Gasteiger partial charge in [0.2, 0.25) is 5.91 Å². The summed E-state index contributed by atoms with van der Waals surface area (Å²) in [5, 5.41) is 0. The Bertz CT molecular complexity index is 696. The van der Waals surface area contributed by atoms with Crippen LogP contribution in [0.4, 0.5) is 0 Å². The molecule has 25 heavy (non-hydrogen) atoms. The number of nitrogens with one attached hydrogen (secondary N) is 2. The lowest BCUT2D eigenvalue weighted by Gasteiger charge is -2.10. The van der Waals surface area contributed by atoms with Crippen LogP contribution in [0.5, 0.6) is 11.5 Å². The van der Waals surface area contributed by atoms with Crippen LogP contribution >= 0.6 is 0 Å². The minimum atomic E-state index is -0.434. The average Bonchev–Trinajstić information content (AvgIpc) is 2.58.